The van der Waals surface area contributed by atoms with E-state index in [1.807, 2.05) is 0 Å². The molecular formula is C23H25FN6O3S. The average molecular weight is 485 g/mol. The summed E-state index contributed by atoms with van der Waals surface area (Å²) in [5, 5.41) is 3.13. The van der Waals surface area contributed by atoms with Crippen LogP contribution in [0.3, 0.4) is 0 Å². The quantitative estimate of drug-likeness (QED) is 0.565. The molecule has 1 saturated carbocycles. The lowest BCUT2D eigenvalue weighted by Gasteiger charge is -2.40. The van der Waals surface area contributed by atoms with Gasteiger partial charge in [-0.2, -0.15) is 0 Å². The van der Waals surface area contributed by atoms with Crippen LogP contribution in [0.1, 0.15) is 32.3 Å². The molecule has 1 aliphatic carbocycles. The van der Waals surface area contributed by atoms with E-state index >= 15 is 4.39 Å². The smallest absolute Gasteiger partial charge is 0.232 e. The van der Waals surface area contributed by atoms with Gasteiger partial charge in [-0.15, -0.1) is 0 Å². The Bertz CT molecular complexity index is 1440. The van der Waals surface area contributed by atoms with Gasteiger partial charge in [0.15, 0.2) is 15.7 Å². The molecule has 1 aromatic carbocycles. The number of sulfone groups is 1. The van der Waals surface area contributed by atoms with Crippen LogP contribution in [-0.4, -0.2) is 46.8 Å². The van der Waals surface area contributed by atoms with Gasteiger partial charge in [0, 0.05) is 17.4 Å². The van der Waals surface area contributed by atoms with Crippen LogP contribution in [0.2, 0.25) is 0 Å². The number of methoxy groups -OCH3 is 1. The van der Waals surface area contributed by atoms with Crippen molar-refractivity contribution in [2.24, 2.45) is 16.6 Å². The number of nitrogens with one attached hydrogen (secondary N) is 1. The van der Waals surface area contributed by atoms with Crippen molar-refractivity contribution in [1.82, 2.24) is 15.0 Å². The van der Waals surface area contributed by atoms with Gasteiger partial charge in [0.25, 0.3) is 0 Å². The van der Waals surface area contributed by atoms with Crippen molar-refractivity contribution >= 4 is 38.2 Å². The number of fused-ring (bicyclic) bond motifs is 1. The molecule has 178 valence electrons. The highest BCUT2D eigenvalue weighted by molar-refractivity contribution is 7.93. The summed E-state index contributed by atoms with van der Waals surface area (Å²) in [5.41, 5.74) is 6.58. The van der Waals surface area contributed by atoms with Crippen LogP contribution in [0.25, 0.3) is 11.0 Å². The van der Waals surface area contributed by atoms with Crippen molar-refractivity contribution in [3.8, 4) is 5.88 Å². The van der Waals surface area contributed by atoms with Crippen LogP contribution in [0.5, 0.6) is 5.88 Å². The monoisotopic (exact) mass is 484 g/mol. The molecule has 1 aliphatic heterocycles. The van der Waals surface area contributed by atoms with Gasteiger partial charge in [-0.25, -0.2) is 27.8 Å². The Hall–Kier alpha value is -3.34. The molecule has 0 bridgehead atoms. The number of nitrogens with two attached hydrogens (primary N) is 1. The number of hydrogen-bond acceptors (Lipinski definition) is 9. The highest BCUT2D eigenvalue weighted by atomic mass is 32.2. The second-order valence-electron chi connectivity index (χ2n) is 9.17. The van der Waals surface area contributed by atoms with Gasteiger partial charge in [0.2, 0.25) is 5.88 Å². The molecule has 0 amide bonds. The molecule has 3 N–H and O–H groups in total. The van der Waals surface area contributed by atoms with E-state index in [9.17, 15) is 8.42 Å². The molecule has 0 saturated heterocycles. The number of ether oxygens (including phenoxy) is 1. The molecule has 5 rings (SSSR count). The number of nitrogens with zero attached hydrogens (tertiary/aromatic N) is 4. The number of hydrogen-bond donors (Lipinski definition) is 2. The number of halogens is 1. The summed E-state index contributed by atoms with van der Waals surface area (Å²) in [7, 11) is -2.17. The summed E-state index contributed by atoms with van der Waals surface area (Å²) in [6.45, 7) is 3.23. The fraction of sp³-hybridized carbons (Fsp3) is 0.391. The fourth-order valence-electron chi connectivity index (χ4n) is 4.59. The Labute approximate surface area is 196 Å². The predicted molar refractivity (Wildman–Crippen MR) is 127 cm³/mol. The Balaban J connectivity index is 1.54. The third kappa shape index (κ3) is 3.46. The zero-order valence-corrected chi connectivity index (χ0v) is 19.9. The maximum absolute atomic E-state index is 15.0. The summed E-state index contributed by atoms with van der Waals surface area (Å²) < 4.78 is 45.6. The zero-order chi connectivity index (χ0) is 24.3. The second kappa shape index (κ2) is 7.59. The zero-order valence-electron chi connectivity index (χ0n) is 19.0. The Kier molecular flexibility index (Phi) is 5.01. The molecule has 11 heteroatoms. The lowest BCUT2D eigenvalue weighted by molar-refractivity contribution is 0.397. The minimum absolute atomic E-state index is 0.0409. The molecule has 2 atom stereocenters. The van der Waals surface area contributed by atoms with E-state index in [4.69, 9.17) is 10.5 Å². The molecule has 9 nitrogen and oxygen atoms in total. The molecule has 3 aromatic rings. The van der Waals surface area contributed by atoms with Gasteiger partial charge in [-0.1, -0.05) is 0 Å². The van der Waals surface area contributed by atoms with E-state index < -0.39 is 25.9 Å². The average Bonchev–Trinajstić information content (AvgIpc) is 3.64. The predicted octanol–water partition coefficient (Wildman–Crippen LogP) is 3.09. The summed E-state index contributed by atoms with van der Waals surface area (Å²) in [6, 6.07) is 6.06. The maximum atomic E-state index is 15.0. The minimum Gasteiger partial charge on any atom is -0.480 e. The van der Waals surface area contributed by atoms with Crippen molar-refractivity contribution in [3.63, 3.8) is 0 Å². The third-order valence-electron chi connectivity index (χ3n) is 6.81. The molecule has 2 aromatic heterocycles. The van der Waals surface area contributed by atoms with Crippen LogP contribution in [0.15, 0.2) is 41.7 Å². The van der Waals surface area contributed by atoms with E-state index in [1.165, 1.54) is 19.4 Å². The van der Waals surface area contributed by atoms with Gasteiger partial charge in [0.1, 0.15) is 27.5 Å². The van der Waals surface area contributed by atoms with E-state index in [-0.39, 0.29) is 23.1 Å². The van der Waals surface area contributed by atoms with Gasteiger partial charge in [0.05, 0.1) is 24.6 Å². The Morgan fingerprint density at radius 2 is 1.97 bits per heavy atom. The number of anilines is 2. The molecule has 1 fully saturated rings. The van der Waals surface area contributed by atoms with E-state index in [0.29, 0.717) is 28.4 Å². The van der Waals surface area contributed by atoms with Crippen LogP contribution < -0.4 is 15.8 Å². The normalized spacial score (nSPS) is 26.2. The van der Waals surface area contributed by atoms with E-state index in [1.54, 1.807) is 38.2 Å². The lowest BCUT2D eigenvalue weighted by atomic mass is 9.92. The molecule has 34 heavy (non-hydrogen) atoms. The second-order valence-corrected chi connectivity index (χ2v) is 11.5. The highest BCUT2D eigenvalue weighted by Gasteiger charge is 2.58. The maximum Gasteiger partial charge on any atom is 0.232 e. The number of amidine groups is 1. The summed E-state index contributed by atoms with van der Waals surface area (Å²) in [6.07, 6.45) is 4.64. The van der Waals surface area contributed by atoms with Crippen molar-refractivity contribution in [1.29, 1.82) is 0 Å². The van der Waals surface area contributed by atoms with E-state index in [0.717, 1.165) is 12.8 Å². The number of aliphatic imine (C=N–C) groups is 1. The number of rotatable bonds is 5. The SMILES string of the molecule is COc1cnc2c(Nc3ccc(F)c([C@]4(C)CS(=O)(=O)[C@@](C)(C5CC5)C(N)=N4)c3)nccc2n1. The van der Waals surface area contributed by atoms with Gasteiger partial charge >= 0.3 is 0 Å². The Morgan fingerprint density at radius 1 is 1.21 bits per heavy atom. The molecule has 0 radical (unpaired) electrons. The van der Waals surface area contributed by atoms with Crippen molar-refractivity contribution in [2.45, 2.75) is 37.0 Å². The third-order valence-corrected chi connectivity index (χ3v) is 9.58. The van der Waals surface area contributed by atoms with Gasteiger partial charge in [-0.3, -0.25) is 4.99 Å². The first kappa shape index (κ1) is 22.5. The van der Waals surface area contributed by atoms with Crippen molar-refractivity contribution in [2.75, 3.05) is 18.2 Å². The van der Waals surface area contributed by atoms with Crippen LogP contribution in [0, 0.1) is 11.7 Å². The highest BCUT2D eigenvalue weighted by Crippen LogP contribution is 2.49. The first-order valence-electron chi connectivity index (χ1n) is 10.9. The van der Waals surface area contributed by atoms with Crippen molar-refractivity contribution in [3.05, 3.63) is 48.0 Å². The topological polar surface area (TPSA) is 132 Å². The van der Waals surface area contributed by atoms with Crippen LogP contribution in [-0.2, 0) is 15.4 Å². The number of aromatic nitrogens is 3. The standard InChI is InChI=1S/C23H25FN6O3S/c1-22(12-34(31,32)23(2,13-4-5-13)21(25)30-22)15-10-14(6-7-16(15)24)28-20-19-17(8-9-26-20)29-18(33-3)11-27-19/h6-11,13H,4-5,12H2,1-3H3,(H2,25,30)(H,26,28)/t22-,23-/m0/s1. The first-order chi connectivity index (χ1) is 16.1. The van der Waals surface area contributed by atoms with Gasteiger partial charge < -0.3 is 15.8 Å². The van der Waals surface area contributed by atoms with Crippen LogP contribution in [0.4, 0.5) is 15.9 Å². The molecule has 0 unspecified atom stereocenters. The summed E-state index contributed by atoms with van der Waals surface area (Å²) in [5.74, 6) is -0.108. The molecule has 2 aliphatic rings. The molecule has 3 heterocycles. The Morgan fingerprint density at radius 3 is 2.65 bits per heavy atom. The number of pyridine rings is 1. The summed E-state index contributed by atoms with van der Waals surface area (Å²) >= 11 is 0. The fourth-order valence-corrected chi connectivity index (χ4v) is 6.96. The minimum atomic E-state index is -3.67. The summed E-state index contributed by atoms with van der Waals surface area (Å²) in [4.78, 5) is 17.6. The first-order valence-corrected chi connectivity index (χ1v) is 12.5. The van der Waals surface area contributed by atoms with Crippen molar-refractivity contribution < 1.29 is 17.5 Å². The number of benzene rings is 1. The largest absolute Gasteiger partial charge is 0.480 e. The van der Waals surface area contributed by atoms with E-state index in [2.05, 4.69) is 25.3 Å². The lowest BCUT2D eigenvalue weighted by Crippen LogP contribution is -2.58. The molecular weight excluding hydrogens is 459 g/mol. The van der Waals surface area contributed by atoms with Gasteiger partial charge in [-0.05, 0) is 56.9 Å². The molecule has 0 spiro atoms. The van der Waals surface area contributed by atoms with Crippen LogP contribution >= 0.6 is 0 Å².